The van der Waals surface area contributed by atoms with Crippen LogP contribution >= 0.6 is 35.3 Å². The molecule has 2 aliphatic rings. The standard InChI is InChI=1S/C19H33N5S.HI/c1-3-18-23-17(14-25-18)13-24-9-7-16(8-10-24)12-22-19(20-4-2)21-11-15-5-6-15;/h14-16H,3-13H2,1-2H3,(H2,20,21,22);1H. The number of thiazole rings is 1. The van der Waals surface area contributed by atoms with Gasteiger partial charge in [-0.15, -0.1) is 35.3 Å². The predicted molar refractivity (Wildman–Crippen MR) is 122 cm³/mol. The molecule has 0 amide bonds. The first-order valence-electron chi connectivity index (χ1n) is 9.94. The molecule has 1 aliphatic carbocycles. The number of nitrogens with one attached hydrogen (secondary N) is 2. The minimum Gasteiger partial charge on any atom is -0.357 e. The maximum Gasteiger partial charge on any atom is 0.191 e. The largest absolute Gasteiger partial charge is 0.357 e. The summed E-state index contributed by atoms with van der Waals surface area (Å²) >= 11 is 1.80. The molecule has 0 aromatic carbocycles. The van der Waals surface area contributed by atoms with E-state index in [0.717, 1.165) is 50.4 Å². The lowest BCUT2D eigenvalue weighted by atomic mass is 9.97. The Hall–Kier alpha value is -0.410. The number of hydrogen-bond donors (Lipinski definition) is 2. The molecule has 2 heterocycles. The zero-order chi connectivity index (χ0) is 17.5. The number of hydrogen-bond acceptors (Lipinski definition) is 4. The van der Waals surface area contributed by atoms with Crippen molar-refractivity contribution in [3.05, 3.63) is 16.1 Å². The highest BCUT2D eigenvalue weighted by Gasteiger charge is 2.22. The Labute approximate surface area is 179 Å². The van der Waals surface area contributed by atoms with Crippen LogP contribution in [0.5, 0.6) is 0 Å². The molecule has 3 rings (SSSR count). The Morgan fingerprint density at radius 2 is 1.96 bits per heavy atom. The van der Waals surface area contributed by atoms with Crippen LogP contribution in [0.2, 0.25) is 0 Å². The van der Waals surface area contributed by atoms with Crippen molar-refractivity contribution in [1.29, 1.82) is 0 Å². The summed E-state index contributed by atoms with van der Waals surface area (Å²) in [6, 6.07) is 0. The summed E-state index contributed by atoms with van der Waals surface area (Å²) < 4.78 is 0. The molecule has 2 N–H and O–H groups in total. The highest BCUT2D eigenvalue weighted by molar-refractivity contribution is 14.0. The molecular weight excluding hydrogens is 457 g/mol. The first-order valence-corrected chi connectivity index (χ1v) is 10.8. The number of aliphatic imine (C=N–C) groups is 1. The van der Waals surface area contributed by atoms with Crippen molar-refractivity contribution >= 4 is 41.3 Å². The van der Waals surface area contributed by atoms with Crippen LogP contribution in [-0.2, 0) is 13.0 Å². The fraction of sp³-hybridized carbons (Fsp3) is 0.789. The van der Waals surface area contributed by atoms with Crippen LogP contribution in [0.3, 0.4) is 0 Å². The molecule has 0 spiro atoms. The molecule has 7 heteroatoms. The van der Waals surface area contributed by atoms with Gasteiger partial charge in [0.2, 0.25) is 0 Å². The number of guanidine groups is 1. The molecule has 2 fully saturated rings. The van der Waals surface area contributed by atoms with Gasteiger partial charge in [0.05, 0.1) is 10.7 Å². The van der Waals surface area contributed by atoms with Gasteiger partial charge >= 0.3 is 0 Å². The van der Waals surface area contributed by atoms with E-state index in [2.05, 4.69) is 34.8 Å². The molecule has 0 radical (unpaired) electrons. The van der Waals surface area contributed by atoms with Crippen LogP contribution in [0.1, 0.15) is 50.2 Å². The summed E-state index contributed by atoms with van der Waals surface area (Å²) in [4.78, 5) is 12.0. The van der Waals surface area contributed by atoms with Crippen molar-refractivity contribution in [2.45, 2.75) is 52.5 Å². The molecule has 0 bridgehead atoms. The second kappa shape index (κ2) is 11.4. The summed E-state index contributed by atoms with van der Waals surface area (Å²) in [7, 11) is 0. The lowest BCUT2D eigenvalue weighted by Gasteiger charge is -2.31. The molecule has 1 aliphatic heterocycles. The fourth-order valence-electron chi connectivity index (χ4n) is 3.27. The normalized spacial score (nSPS) is 19.2. The summed E-state index contributed by atoms with van der Waals surface area (Å²) in [6.45, 7) is 10.7. The van der Waals surface area contributed by atoms with Crippen LogP contribution in [0.15, 0.2) is 10.4 Å². The molecule has 1 aromatic rings. The summed E-state index contributed by atoms with van der Waals surface area (Å²) in [6.07, 6.45) is 6.30. The lowest BCUT2D eigenvalue weighted by Crippen LogP contribution is -2.42. The first-order chi connectivity index (χ1) is 12.3. The molecule has 26 heavy (non-hydrogen) atoms. The third-order valence-electron chi connectivity index (χ3n) is 5.10. The third-order valence-corrected chi connectivity index (χ3v) is 6.14. The van der Waals surface area contributed by atoms with Gasteiger partial charge in [0.15, 0.2) is 5.96 Å². The van der Waals surface area contributed by atoms with E-state index in [1.807, 2.05) is 0 Å². The van der Waals surface area contributed by atoms with Gasteiger partial charge in [-0.25, -0.2) is 4.98 Å². The van der Waals surface area contributed by atoms with Crippen LogP contribution in [0, 0.1) is 11.8 Å². The number of rotatable bonds is 8. The van der Waals surface area contributed by atoms with Gasteiger partial charge in [-0.1, -0.05) is 6.92 Å². The van der Waals surface area contributed by atoms with E-state index in [4.69, 9.17) is 9.98 Å². The number of aromatic nitrogens is 1. The van der Waals surface area contributed by atoms with Crippen LogP contribution < -0.4 is 10.6 Å². The molecule has 0 atom stereocenters. The molecular formula is C19H34IN5S. The van der Waals surface area contributed by atoms with E-state index >= 15 is 0 Å². The van der Waals surface area contributed by atoms with Crippen molar-refractivity contribution in [1.82, 2.24) is 20.5 Å². The number of likely N-dealkylation sites (tertiary alicyclic amines) is 1. The van der Waals surface area contributed by atoms with Crippen LogP contribution in [0.25, 0.3) is 0 Å². The molecule has 5 nitrogen and oxygen atoms in total. The fourth-order valence-corrected chi connectivity index (χ4v) is 4.00. The number of halogens is 1. The van der Waals surface area contributed by atoms with Gasteiger partial charge in [-0.05, 0) is 64.0 Å². The average molecular weight is 491 g/mol. The van der Waals surface area contributed by atoms with Crippen molar-refractivity contribution in [2.24, 2.45) is 16.8 Å². The zero-order valence-electron chi connectivity index (χ0n) is 16.2. The van der Waals surface area contributed by atoms with Crippen molar-refractivity contribution in [3.63, 3.8) is 0 Å². The maximum absolute atomic E-state index is 4.72. The second-order valence-corrected chi connectivity index (χ2v) is 8.29. The molecule has 148 valence electrons. The molecule has 1 saturated carbocycles. The SMILES string of the molecule is CCNC(=NCC1CC1)NCC1CCN(Cc2csc(CC)n2)CC1.I. The Morgan fingerprint density at radius 1 is 1.19 bits per heavy atom. The van der Waals surface area contributed by atoms with Gasteiger partial charge < -0.3 is 10.6 Å². The minimum absolute atomic E-state index is 0. The van der Waals surface area contributed by atoms with E-state index in [-0.39, 0.29) is 24.0 Å². The number of piperidine rings is 1. The lowest BCUT2D eigenvalue weighted by molar-refractivity contribution is 0.176. The predicted octanol–water partition coefficient (Wildman–Crippen LogP) is 3.50. The number of aryl methyl sites for hydroxylation is 1. The van der Waals surface area contributed by atoms with Gasteiger partial charge in [-0.2, -0.15) is 0 Å². The maximum atomic E-state index is 4.72. The highest BCUT2D eigenvalue weighted by atomic mass is 127. The highest BCUT2D eigenvalue weighted by Crippen LogP contribution is 2.28. The Balaban J connectivity index is 0.00000243. The molecule has 1 aromatic heterocycles. The Morgan fingerprint density at radius 3 is 2.58 bits per heavy atom. The summed E-state index contributed by atoms with van der Waals surface area (Å²) in [5.41, 5.74) is 1.25. The first kappa shape index (κ1) is 21.9. The smallest absolute Gasteiger partial charge is 0.191 e. The summed E-state index contributed by atoms with van der Waals surface area (Å²) in [5.74, 6) is 2.60. The van der Waals surface area contributed by atoms with Crippen molar-refractivity contribution in [2.75, 3.05) is 32.7 Å². The van der Waals surface area contributed by atoms with Gasteiger partial charge in [0, 0.05) is 31.6 Å². The van der Waals surface area contributed by atoms with Crippen molar-refractivity contribution in [3.8, 4) is 0 Å². The number of nitrogens with zero attached hydrogens (tertiary/aromatic N) is 3. The van der Waals surface area contributed by atoms with Gasteiger partial charge in [-0.3, -0.25) is 9.89 Å². The van der Waals surface area contributed by atoms with Crippen molar-refractivity contribution < 1.29 is 0 Å². The Bertz CT molecular complexity index is 550. The second-order valence-electron chi connectivity index (χ2n) is 7.35. The van der Waals surface area contributed by atoms with E-state index in [9.17, 15) is 0 Å². The van der Waals surface area contributed by atoms with E-state index in [1.165, 1.54) is 49.5 Å². The topological polar surface area (TPSA) is 52.6 Å². The quantitative estimate of drug-likeness (QED) is 0.332. The van der Waals surface area contributed by atoms with E-state index in [1.54, 1.807) is 11.3 Å². The van der Waals surface area contributed by atoms with Crippen LogP contribution in [0.4, 0.5) is 0 Å². The Kier molecular flexibility index (Phi) is 9.63. The van der Waals surface area contributed by atoms with E-state index in [0.29, 0.717) is 0 Å². The zero-order valence-corrected chi connectivity index (χ0v) is 19.3. The van der Waals surface area contributed by atoms with E-state index < -0.39 is 0 Å². The van der Waals surface area contributed by atoms with Crippen LogP contribution in [-0.4, -0.2) is 48.6 Å². The average Bonchev–Trinajstić information content (AvgIpc) is 3.36. The molecule has 1 saturated heterocycles. The molecule has 0 unspecified atom stereocenters. The van der Waals surface area contributed by atoms with Gasteiger partial charge in [0.25, 0.3) is 0 Å². The third kappa shape index (κ3) is 7.31. The van der Waals surface area contributed by atoms with Gasteiger partial charge in [0.1, 0.15) is 0 Å². The monoisotopic (exact) mass is 491 g/mol. The minimum atomic E-state index is 0. The summed E-state index contributed by atoms with van der Waals surface area (Å²) in [5, 5.41) is 10.4.